The molecule has 0 radical (unpaired) electrons. The van der Waals surface area contributed by atoms with Gasteiger partial charge in [-0.05, 0) is 41.0 Å². The number of nitrogens with zero attached hydrogens (tertiary/aromatic N) is 1. The fraction of sp³-hybridized carbons (Fsp3) is 0.167. The lowest BCUT2D eigenvalue weighted by molar-refractivity contribution is -0.757. The number of benzene rings is 2. The van der Waals surface area contributed by atoms with Crippen molar-refractivity contribution in [3.8, 4) is 0 Å². The Kier molecular flexibility index (Phi) is 6.76. The summed E-state index contributed by atoms with van der Waals surface area (Å²) in [5.74, 6) is -1.27. The van der Waals surface area contributed by atoms with Crippen molar-refractivity contribution in [3.05, 3.63) is 80.4 Å². The highest BCUT2D eigenvalue weighted by Crippen LogP contribution is 2.30. The molecule has 0 unspecified atom stereocenters. The van der Waals surface area contributed by atoms with Gasteiger partial charge in [-0.2, -0.15) is 0 Å². The molecule has 0 aliphatic heterocycles. The summed E-state index contributed by atoms with van der Waals surface area (Å²) < 4.78 is 23.3. The summed E-state index contributed by atoms with van der Waals surface area (Å²) in [7, 11) is -3.42. The van der Waals surface area contributed by atoms with Gasteiger partial charge in [0.15, 0.2) is 9.84 Å². The number of aliphatic carboxylic acids is 1. The van der Waals surface area contributed by atoms with Gasteiger partial charge < -0.3 is 9.94 Å². The van der Waals surface area contributed by atoms with Crippen LogP contribution in [0.2, 0.25) is 5.02 Å². The van der Waals surface area contributed by atoms with Crippen LogP contribution in [0.4, 0.5) is 0 Å². The summed E-state index contributed by atoms with van der Waals surface area (Å²) in [6.07, 6.45) is 0.831. The minimum atomic E-state index is -3.42. The molecule has 8 nitrogen and oxygen atoms in total. The molecule has 10 heteroatoms. The number of halogens is 1. The Morgan fingerprint density at radius 2 is 1.61 bits per heavy atom. The predicted octanol–water partition coefficient (Wildman–Crippen LogP) is 3.23. The highest BCUT2D eigenvalue weighted by atomic mass is 35.5. The van der Waals surface area contributed by atoms with Crippen LogP contribution in [-0.2, 0) is 19.5 Å². The van der Waals surface area contributed by atoms with Gasteiger partial charge in [-0.15, -0.1) is 10.1 Å². The fourth-order valence-electron chi connectivity index (χ4n) is 2.56. The van der Waals surface area contributed by atoms with E-state index in [1.54, 1.807) is 24.3 Å². The van der Waals surface area contributed by atoms with Crippen molar-refractivity contribution < 1.29 is 28.2 Å². The zero-order valence-corrected chi connectivity index (χ0v) is 16.2. The summed E-state index contributed by atoms with van der Waals surface area (Å²) in [5, 5.41) is 19.5. The molecule has 0 heterocycles. The molecule has 0 fully saturated rings. The number of carboxylic acid groups (broad SMARTS) is 1. The van der Waals surface area contributed by atoms with Crippen LogP contribution in [0.25, 0.3) is 5.57 Å². The summed E-state index contributed by atoms with van der Waals surface area (Å²) in [5.41, 5.74) is 1.12. The predicted molar refractivity (Wildman–Crippen MR) is 102 cm³/mol. The molecule has 0 bridgehead atoms. The van der Waals surface area contributed by atoms with E-state index in [0.717, 1.165) is 6.26 Å². The maximum absolute atomic E-state index is 11.9. The van der Waals surface area contributed by atoms with E-state index in [2.05, 4.69) is 4.84 Å². The first-order chi connectivity index (χ1) is 13.1. The molecule has 0 aromatic heterocycles. The second-order valence-electron chi connectivity index (χ2n) is 5.77. The van der Waals surface area contributed by atoms with Crippen LogP contribution in [-0.4, -0.2) is 37.4 Å². The molecule has 0 spiro atoms. The first kappa shape index (κ1) is 21.4. The first-order valence-electron chi connectivity index (χ1n) is 7.90. The largest absolute Gasteiger partial charge is 0.478 e. The number of carboxylic acids is 1. The smallest absolute Gasteiger partial charge is 0.332 e. The van der Waals surface area contributed by atoms with Gasteiger partial charge in [0.25, 0.3) is 5.09 Å². The van der Waals surface area contributed by atoms with Crippen LogP contribution in [0, 0.1) is 10.1 Å². The van der Waals surface area contributed by atoms with Crippen molar-refractivity contribution in [2.75, 3.05) is 12.9 Å². The summed E-state index contributed by atoms with van der Waals surface area (Å²) in [6, 6.07) is 12.1. The van der Waals surface area contributed by atoms with E-state index in [1.165, 1.54) is 24.3 Å². The molecule has 1 N–H and O–H groups in total. The molecular weight excluding hydrogens is 410 g/mol. The minimum absolute atomic E-state index is 0.0836. The maximum Gasteiger partial charge on any atom is 0.332 e. The quantitative estimate of drug-likeness (QED) is 0.391. The summed E-state index contributed by atoms with van der Waals surface area (Å²) in [4.78, 5) is 26.6. The van der Waals surface area contributed by atoms with Crippen molar-refractivity contribution >= 4 is 33.0 Å². The highest BCUT2D eigenvalue weighted by molar-refractivity contribution is 7.90. The fourth-order valence-corrected chi connectivity index (χ4v) is 3.32. The Balaban J connectivity index is 2.62. The third kappa shape index (κ3) is 5.54. The van der Waals surface area contributed by atoms with Gasteiger partial charge in [-0.1, -0.05) is 35.9 Å². The Labute approximate surface area is 166 Å². The van der Waals surface area contributed by atoms with Gasteiger partial charge in [0.2, 0.25) is 0 Å². The summed E-state index contributed by atoms with van der Waals surface area (Å²) in [6.45, 7) is -0.437. The zero-order valence-electron chi connectivity index (χ0n) is 14.7. The van der Waals surface area contributed by atoms with Gasteiger partial charge in [-0.25, -0.2) is 13.2 Å². The highest BCUT2D eigenvalue weighted by Gasteiger charge is 2.19. The van der Waals surface area contributed by atoms with Crippen LogP contribution in [0.3, 0.4) is 0 Å². The molecule has 2 aromatic rings. The van der Waals surface area contributed by atoms with Crippen LogP contribution in [0.15, 0.2) is 59.0 Å². The van der Waals surface area contributed by atoms with Crippen LogP contribution in [0.5, 0.6) is 0 Å². The van der Waals surface area contributed by atoms with E-state index in [-0.39, 0.29) is 22.5 Å². The average Bonchev–Trinajstić information content (AvgIpc) is 2.61. The van der Waals surface area contributed by atoms with Crippen molar-refractivity contribution in [1.29, 1.82) is 0 Å². The Morgan fingerprint density at radius 1 is 1.11 bits per heavy atom. The van der Waals surface area contributed by atoms with E-state index >= 15 is 0 Å². The van der Waals surface area contributed by atoms with E-state index in [0.29, 0.717) is 16.1 Å². The summed E-state index contributed by atoms with van der Waals surface area (Å²) >= 11 is 5.90. The normalized spacial score (nSPS) is 12.2. The maximum atomic E-state index is 11.9. The number of hydrogen-bond donors (Lipinski definition) is 1. The average molecular weight is 426 g/mol. The second kappa shape index (κ2) is 8.85. The van der Waals surface area contributed by atoms with Crippen LogP contribution >= 0.6 is 11.6 Å². The van der Waals surface area contributed by atoms with Gasteiger partial charge in [0, 0.05) is 23.3 Å². The van der Waals surface area contributed by atoms with E-state index in [9.17, 15) is 28.4 Å². The lowest BCUT2D eigenvalue weighted by Gasteiger charge is -2.14. The number of sulfone groups is 1. The third-order valence-electron chi connectivity index (χ3n) is 3.81. The Bertz CT molecular complexity index is 1010. The second-order valence-corrected chi connectivity index (χ2v) is 8.22. The lowest BCUT2D eigenvalue weighted by atomic mass is 9.91. The molecule has 2 aromatic carbocycles. The van der Waals surface area contributed by atoms with E-state index < -0.39 is 27.5 Å². The molecule has 28 heavy (non-hydrogen) atoms. The van der Waals surface area contributed by atoms with Gasteiger partial charge in [-0.3, -0.25) is 0 Å². The van der Waals surface area contributed by atoms with Crippen LogP contribution < -0.4 is 0 Å². The number of rotatable bonds is 8. The van der Waals surface area contributed by atoms with Gasteiger partial charge >= 0.3 is 5.97 Å². The minimum Gasteiger partial charge on any atom is -0.478 e. The molecule has 2 rings (SSSR count). The molecule has 0 saturated carbocycles. The Hall–Kier alpha value is -2.91. The van der Waals surface area contributed by atoms with Crippen molar-refractivity contribution in [2.24, 2.45) is 0 Å². The molecule has 0 amide bonds. The molecule has 0 aliphatic rings. The molecular formula is C18H16ClNO7S. The van der Waals surface area contributed by atoms with Gasteiger partial charge in [0.05, 0.1) is 4.90 Å². The SMILES string of the molecule is CS(=O)(=O)c1ccc(/C(=C(/CCO[N+](=O)[O-])C(=O)O)c2ccc(Cl)cc2)cc1. The topological polar surface area (TPSA) is 124 Å². The zero-order chi connectivity index (χ0) is 20.9. The third-order valence-corrected chi connectivity index (χ3v) is 5.19. The first-order valence-corrected chi connectivity index (χ1v) is 10.2. The number of carbonyl (C=O) groups is 1. The number of hydrogen-bond acceptors (Lipinski definition) is 6. The van der Waals surface area contributed by atoms with E-state index in [4.69, 9.17) is 11.6 Å². The van der Waals surface area contributed by atoms with Crippen molar-refractivity contribution in [1.82, 2.24) is 0 Å². The molecule has 148 valence electrons. The van der Waals surface area contributed by atoms with Crippen molar-refractivity contribution in [3.63, 3.8) is 0 Å². The molecule has 0 saturated heterocycles. The van der Waals surface area contributed by atoms with Crippen molar-refractivity contribution in [2.45, 2.75) is 11.3 Å². The van der Waals surface area contributed by atoms with Crippen LogP contribution in [0.1, 0.15) is 17.5 Å². The lowest BCUT2D eigenvalue weighted by Crippen LogP contribution is -2.11. The molecule has 0 aliphatic carbocycles. The molecule has 0 atom stereocenters. The monoisotopic (exact) mass is 425 g/mol. The Morgan fingerprint density at radius 3 is 2.04 bits per heavy atom. The standard InChI is InChI=1S/C18H16ClNO7S/c1-28(25,26)15-8-4-13(5-9-15)17(12-2-6-14(19)7-3-12)16(18(21)22)10-11-27-20(23)24/h2-9H,10-11H2,1H3,(H,21,22)/b17-16-. The van der Waals surface area contributed by atoms with E-state index in [1.807, 2.05) is 0 Å². The van der Waals surface area contributed by atoms with Gasteiger partial charge in [0.1, 0.15) is 6.61 Å².